The molecule has 2 N–H and O–H groups in total. The summed E-state index contributed by atoms with van der Waals surface area (Å²) >= 11 is 8.68. The van der Waals surface area contributed by atoms with Crippen LogP contribution in [0.4, 0.5) is 11.6 Å². The van der Waals surface area contributed by atoms with Crippen LogP contribution >= 0.6 is 28.1 Å². The number of aryl methyl sites for hydroxylation is 1. The van der Waals surface area contributed by atoms with Gasteiger partial charge in [0.1, 0.15) is 6.33 Å². The van der Waals surface area contributed by atoms with Crippen LogP contribution in [-0.4, -0.2) is 19.9 Å². The predicted molar refractivity (Wildman–Crippen MR) is 104 cm³/mol. The normalized spacial score (nSPS) is 10.4. The Hall–Kier alpha value is -2.25. The summed E-state index contributed by atoms with van der Waals surface area (Å²) in [6, 6.07) is 16.1. The Balaban J connectivity index is 1.58. The summed E-state index contributed by atoms with van der Waals surface area (Å²) in [6.45, 7) is 2.74. The fourth-order valence-corrected chi connectivity index (χ4v) is 2.58. The van der Waals surface area contributed by atoms with Crippen LogP contribution in [0.5, 0.6) is 0 Å². The first-order valence-electron chi connectivity index (χ1n) is 7.37. The molecule has 0 saturated heterocycles. The molecule has 24 heavy (non-hydrogen) atoms. The molecule has 0 amide bonds. The van der Waals surface area contributed by atoms with Gasteiger partial charge in [-0.25, -0.2) is 9.67 Å². The second kappa shape index (κ2) is 7.55. The molecular weight excluding hydrogens is 386 g/mol. The molecule has 0 bridgehead atoms. The van der Waals surface area contributed by atoms with E-state index in [1.807, 2.05) is 24.3 Å². The van der Waals surface area contributed by atoms with E-state index in [1.165, 1.54) is 11.1 Å². The van der Waals surface area contributed by atoms with E-state index >= 15 is 0 Å². The molecule has 0 unspecified atom stereocenters. The lowest BCUT2D eigenvalue weighted by Gasteiger charge is -2.07. The van der Waals surface area contributed by atoms with Crippen LogP contribution in [-0.2, 0) is 6.54 Å². The second-order valence-electron chi connectivity index (χ2n) is 5.34. The van der Waals surface area contributed by atoms with Gasteiger partial charge >= 0.3 is 0 Å². The average Bonchev–Trinajstić information content (AvgIpc) is 2.99. The monoisotopic (exact) mass is 401 g/mol. The maximum absolute atomic E-state index is 5.28. The number of hydrogen-bond donors (Lipinski definition) is 2. The number of rotatable bonds is 4. The molecule has 0 aliphatic carbocycles. The van der Waals surface area contributed by atoms with Gasteiger partial charge in [-0.1, -0.05) is 45.8 Å². The molecule has 0 fully saturated rings. The van der Waals surface area contributed by atoms with Crippen molar-refractivity contribution in [3.8, 4) is 0 Å². The molecule has 0 spiro atoms. The summed E-state index contributed by atoms with van der Waals surface area (Å²) in [5.41, 5.74) is 3.31. The summed E-state index contributed by atoms with van der Waals surface area (Å²) in [7, 11) is 0. The molecule has 122 valence electrons. The van der Waals surface area contributed by atoms with Gasteiger partial charge in [0.2, 0.25) is 5.95 Å². The molecule has 0 atom stereocenters. The molecule has 0 radical (unpaired) electrons. The Labute approximate surface area is 154 Å². The van der Waals surface area contributed by atoms with Gasteiger partial charge in [0, 0.05) is 10.2 Å². The van der Waals surface area contributed by atoms with Crippen molar-refractivity contribution in [3.63, 3.8) is 0 Å². The van der Waals surface area contributed by atoms with E-state index < -0.39 is 0 Å². The molecule has 1 heterocycles. The van der Waals surface area contributed by atoms with Crippen LogP contribution in [0.1, 0.15) is 11.1 Å². The van der Waals surface area contributed by atoms with Crippen molar-refractivity contribution in [1.29, 1.82) is 0 Å². The van der Waals surface area contributed by atoms with E-state index in [4.69, 9.17) is 12.2 Å². The third-order valence-electron chi connectivity index (χ3n) is 3.33. The van der Waals surface area contributed by atoms with Gasteiger partial charge in [0.25, 0.3) is 0 Å². The van der Waals surface area contributed by atoms with Crippen molar-refractivity contribution in [2.24, 2.45) is 0 Å². The summed E-state index contributed by atoms with van der Waals surface area (Å²) in [6.07, 6.45) is 1.68. The van der Waals surface area contributed by atoms with E-state index in [-0.39, 0.29) is 0 Å². The number of aromatic nitrogens is 3. The van der Waals surface area contributed by atoms with E-state index in [0.717, 1.165) is 10.2 Å². The van der Waals surface area contributed by atoms with E-state index in [2.05, 4.69) is 67.8 Å². The number of nitrogens with one attached hydrogen (secondary N) is 2. The molecule has 7 heteroatoms. The Kier molecular flexibility index (Phi) is 5.22. The molecule has 2 aromatic carbocycles. The highest BCUT2D eigenvalue weighted by atomic mass is 79.9. The van der Waals surface area contributed by atoms with E-state index in [9.17, 15) is 0 Å². The van der Waals surface area contributed by atoms with Gasteiger partial charge in [-0.3, -0.25) is 5.32 Å². The highest BCUT2D eigenvalue weighted by molar-refractivity contribution is 9.10. The Morgan fingerprint density at radius 3 is 2.50 bits per heavy atom. The molecule has 0 aliphatic rings. The molecule has 0 aliphatic heterocycles. The third kappa shape index (κ3) is 4.62. The fraction of sp³-hybridized carbons (Fsp3) is 0.118. The Morgan fingerprint density at radius 2 is 1.79 bits per heavy atom. The summed E-state index contributed by atoms with van der Waals surface area (Å²) in [5, 5.41) is 10.9. The maximum atomic E-state index is 5.28. The Morgan fingerprint density at radius 1 is 1.08 bits per heavy atom. The summed E-state index contributed by atoms with van der Waals surface area (Å²) in [4.78, 5) is 4.23. The van der Waals surface area contributed by atoms with Crippen LogP contribution in [0.3, 0.4) is 0 Å². The van der Waals surface area contributed by atoms with Crippen LogP contribution in [0.15, 0.2) is 59.3 Å². The summed E-state index contributed by atoms with van der Waals surface area (Å²) < 4.78 is 2.79. The van der Waals surface area contributed by atoms with Crippen molar-refractivity contribution in [3.05, 3.63) is 70.5 Å². The van der Waals surface area contributed by atoms with Crippen molar-refractivity contribution < 1.29 is 0 Å². The van der Waals surface area contributed by atoms with Crippen molar-refractivity contribution >= 4 is 44.9 Å². The average molecular weight is 402 g/mol. The van der Waals surface area contributed by atoms with Gasteiger partial charge in [-0.15, -0.1) is 5.10 Å². The zero-order chi connectivity index (χ0) is 16.9. The van der Waals surface area contributed by atoms with Gasteiger partial charge in [-0.05, 0) is 49.0 Å². The minimum Gasteiger partial charge on any atom is -0.332 e. The van der Waals surface area contributed by atoms with Crippen molar-refractivity contribution in [2.75, 3.05) is 10.6 Å². The number of halogens is 1. The molecule has 3 aromatic rings. The van der Waals surface area contributed by atoms with E-state index in [1.54, 1.807) is 11.0 Å². The fourth-order valence-electron chi connectivity index (χ4n) is 2.11. The Bertz CT molecular complexity index is 827. The highest BCUT2D eigenvalue weighted by Gasteiger charge is 2.04. The van der Waals surface area contributed by atoms with Crippen LogP contribution in [0.2, 0.25) is 0 Å². The number of benzene rings is 2. The van der Waals surface area contributed by atoms with Gasteiger partial charge in [0.15, 0.2) is 5.11 Å². The lowest BCUT2D eigenvalue weighted by atomic mass is 10.1. The van der Waals surface area contributed by atoms with Crippen LogP contribution in [0.25, 0.3) is 0 Å². The predicted octanol–water partition coefficient (Wildman–Crippen LogP) is 4.21. The minimum absolute atomic E-state index is 0.449. The first-order valence-corrected chi connectivity index (χ1v) is 8.57. The van der Waals surface area contributed by atoms with Crippen LogP contribution in [0, 0.1) is 6.92 Å². The number of nitrogens with zero attached hydrogens (tertiary/aromatic N) is 3. The molecule has 5 nitrogen and oxygen atoms in total. The lowest BCUT2D eigenvalue weighted by Crippen LogP contribution is -2.20. The SMILES string of the molecule is Cc1ccc(Cn2cnc(NC(=S)Nc3ccc(Br)cc3)n2)cc1. The number of thiocarbonyl (C=S) groups is 1. The molecule has 1 aromatic heterocycles. The molecular formula is C17H16BrN5S. The minimum atomic E-state index is 0.449. The van der Waals surface area contributed by atoms with E-state index in [0.29, 0.717) is 17.6 Å². The third-order valence-corrected chi connectivity index (χ3v) is 4.06. The maximum Gasteiger partial charge on any atom is 0.248 e. The first kappa shape index (κ1) is 16.6. The lowest BCUT2D eigenvalue weighted by molar-refractivity contribution is 0.687. The van der Waals surface area contributed by atoms with Gasteiger partial charge < -0.3 is 5.32 Å². The van der Waals surface area contributed by atoms with Crippen LogP contribution < -0.4 is 10.6 Å². The zero-order valence-corrected chi connectivity index (χ0v) is 15.4. The number of hydrogen-bond acceptors (Lipinski definition) is 3. The first-order chi connectivity index (χ1) is 11.6. The summed E-state index contributed by atoms with van der Waals surface area (Å²) in [5.74, 6) is 0.469. The second-order valence-corrected chi connectivity index (χ2v) is 6.66. The van der Waals surface area contributed by atoms with Gasteiger partial charge in [-0.2, -0.15) is 0 Å². The largest absolute Gasteiger partial charge is 0.332 e. The molecule has 3 rings (SSSR count). The molecule has 0 saturated carbocycles. The standard InChI is InChI=1S/C17H16BrN5S/c1-12-2-4-13(5-3-12)10-23-11-19-16(22-23)21-17(24)20-15-8-6-14(18)7-9-15/h2-9,11H,10H2,1H3,(H2,20,21,22,24). The van der Waals surface area contributed by atoms with Crippen molar-refractivity contribution in [1.82, 2.24) is 14.8 Å². The topological polar surface area (TPSA) is 54.8 Å². The zero-order valence-electron chi connectivity index (χ0n) is 13.0. The van der Waals surface area contributed by atoms with Crippen molar-refractivity contribution in [2.45, 2.75) is 13.5 Å². The highest BCUT2D eigenvalue weighted by Crippen LogP contribution is 2.14. The smallest absolute Gasteiger partial charge is 0.248 e. The quantitative estimate of drug-likeness (QED) is 0.641. The van der Waals surface area contributed by atoms with Gasteiger partial charge in [0.05, 0.1) is 6.54 Å². The number of anilines is 2.